The number of allylic oxidation sites excluding steroid dienone is 2. The third kappa shape index (κ3) is 19.0. The van der Waals surface area contributed by atoms with Gasteiger partial charge >= 0.3 is 0 Å². The molecular formula is C61H107N11O11. The lowest BCUT2D eigenvalue weighted by molar-refractivity contribution is -0.166. The number of nitrogens with one attached hydrogen (secondary N) is 4. The van der Waals surface area contributed by atoms with Crippen molar-refractivity contribution < 1.29 is 52.7 Å². The van der Waals surface area contributed by atoms with Crippen LogP contribution in [0, 0.1) is 47.3 Å². The average Bonchev–Trinajstić information content (AvgIpc) is 1.92. The highest BCUT2D eigenvalue weighted by molar-refractivity contribution is 6.00. The molecule has 3 unspecified atom stereocenters. The van der Waals surface area contributed by atoms with E-state index in [-0.39, 0.29) is 61.7 Å². The van der Waals surface area contributed by atoms with Crippen molar-refractivity contribution in [2.45, 2.75) is 210 Å². The third-order valence-electron chi connectivity index (χ3n) is 16.7. The van der Waals surface area contributed by atoms with Crippen LogP contribution in [0.1, 0.15) is 149 Å². The van der Waals surface area contributed by atoms with Crippen LogP contribution in [0.15, 0.2) is 12.2 Å². The smallest absolute Gasteiger partial charge is 0.246 e. The molecule has 0 radical (unpaired) electrons. The highest BCUT2D eigenvalue weighted by Gasteiger charge is 2.53. The number of nitrogens with zero attached hydrogens (tertiary/aromatic N) is 7. The van der Waals surface area contributed by atoms with Gasteiger partial charge in [0, 0.05) is 49.3 Å². The first-order valence-corrected chi connectivity index (χ1v) is 30.1. The zero-order valence-corrected chi connectivity index (χ0v) is 54.6. The minimum atomic E-state index is -1.21. The van der Waals surface area contributed by atoms with Gasteiger partial charge in [0.2, 0.25) is 65.0 Å². The van der Waals surface area contributed by atoms with Crippen molar-refractivity contribution in [3.63, 3.8) is 0 Å². The van der Waals surface area contributed by atoms with Crippen LogP contribution in [0.25, 0.3) is 0 Å². The molecule has 3 rings (SSSR count). The van der Waals surface area contributed by atoms with Crippen LogP contribution in [0.4, 0.5) is 0 Å². The summed E-state index contributed by atoms with van der Waals surface area (Å²) in [4.78, 5) is 169. The lowest BCUT2D eigenvalue weighted by atomic mass is 9.70. The number of carbonyl (C=O) groups excluding carboxylic acids is 11. The zero-order valence-electron chi connectivity index (χ0n) is 54.6. The normalized spacial score (nSPS) is 29.1. The van der Waals surface area contributed by atoms with Gasteiger partial charge in [-0.3, -0.25) is 52.7 Å². The summed E-state index contributed by atoms with van der Waals surface area (Å²) in [6.07, 6.45) is 5.29. The van der Waals surface area contributed by atoms with Crippen LogP contribution >= 0.6 is 0 Å². The Balaban J connectivity index is 2.92. The first-order valence-electron chi connectivity index (χ1n) is 30.1. The van der Waals surface area contributed by atoms with Crippen LogP contribution in [-0.2, 0) is 52.7 Å². The molecule has 3 aliphatic rings. The molecular weight excluding hydrogens is 1060 g/mol. The van der Waals surface area contributed by atoms with E-state index in [0.717, 1.165) is 0 Å². The second-order valence-corrected chi connectivity index (χ2v) is 25.8. The zero-order chi connectivity index (χ0) is 64.0. The van der Waals surface area contributed by atoms with Crippen LogP contribution in [0.2, 0.25) is 0 Å². The van der Waals surface area contributed by atoms with Crippen molar-refractivity contribution in [2.24, 2.45) is 47.3 Å². The molecule has 0 aromatic carbocycles. The van der Waals surface area contributed by atoms with Crippen molar-refractivity contribution in [1.82, 2.24) is 55.6 Å². The van der Waals surface area contributed by atoms with Crippen molar-refractivity contribution in [2.75, 3.05) is 55.9 Å². The molecule has 3 fully saturated rings. The van der Waals surface area contributed by atoms with Crippen molar-refractivity contribution >= 4 is 65.0 Å². The van der Waals surface area contributed by atoms with Gasteiger partial charge in [-0.25, -0.2) is 0 Å². The topological polar surface area (TPSA) is 259 Å². The van der Waals surface area contributed by atoms with Gasteiger partial charge in [-0.1, -0.05) is 102 Å². The van der Waals surface area contributed by atoms with Crippen molar-refractivity contribution in [3.8, 4) is 0 Å². The van der Waals surface area contributed by atoms with E-state index in [0.29, 0.717) is 6.42 Å². The maximum absolute atomic E-state index is 15.2. The number of piperidine rings is 1. The molecule has 3 heterocycles. The van der Waals surface area contributed by atoms with E-state index in [1.165, 1.54) is 97.5 Å². The Bertz CT molecular complexity index is 2320. The minimum absolute atomic E-state index is 0.111. The van der Waals surface area contributed by atoms with Crippen LogP contribution in [0.5, 0.6) is 0 Å². The molecule has 0 saturated carbocycles. The lowest BCUT2D eigenvalue weighted by Gasteiger charge is -2.51. The quantitative estimate of drug-likeness (QED) is 0.153. The molecule has 472 valence electrons. The van der Waals surface area contributed by atoms with Crippen LogP contribution in [-0.4, -0.2) is 216 Å². The van der Waals surface area contributed by atoms with E-state index in [1.807, 2.05) is 88.3 Å². The SMILES string of the molecule is C/C=C/C[C@@H](C)C[C@H]1C(=O)N[C@@H](CC)C(=O)N(C)CC(=O)N(C)[C@@H](CC(C)C)C(=O)NC(C(C)C)C(=O)N(C)[C@@H](CC(C)C)C(=O)N[C@@H](C)C(=O)N[C@H](C)C(=O)N(C)[C@@H](CC(C)C)C(=O)N(C)[C@@H]2C(=O)N(C)[C@H](C(=O)N1C)C(C)C2C(C)C. The van der Waals surface area contributed by atoms with Crippen molar-refractivity contribution in [1.29, 1.82) is 0 Å². The van der Waals surface area contributed by atoms with Crippen LogP contribution < -0.4 is 21.3 Å². The van der Waals surface area contributed by atoms with Gasteiger partial charge < -0.3 is 55.6 Å². The largest absolute Gasteiger partial charge is 0.343 e. The van der Waals surface area contributed by atoms with Gasteiger partial charge in [0.05, 0.1) is 6.54 Å². The predicted molar refractivity (Wildman–Crippen MR) is 320 cm³/mol. The van der Waals surface area contributed by atoms with Gasteiger partial charge in [-0.05, 0) is 107 Å². The molecule has 4 N–H and O–H groups in total. The summed E-state index contributed by atoms with van der Waals surface area (Å²) in [6, 6.07) is -11.3. The summed E-state index contributed by atoms with van der Waals surface area (Å²) in [6.45, 7) is 28.4. The van der Waals surface area contributed by atoms with E-state index in [4.69, 9.17) is 0 Å². The summed E-state index contributed by atoms with van der Waals surface area (Å²) in [5.41, 5.74) is 0. The van der Waals surface area contributed by atoms with E-state index >= 15 is 4.79 Å². The molecule has 2 bridgehead atoms. The number of hydrogen-bond donors (Lipinski definition) is 4. The summed E-state index contributed by atoms with van der Waals surface area (Å²) in [5.74, 6) is -8.96. The number of amides is 11. The molecule has 0 aliphatic carbocycles. The first-order chi connectivity index (χ1) is 38.4. The van der Waals surface area contributed by atoms with Gasteiger partial charge in [0.1, 0.15) is 60.4 Å². The summed E-state index contributed by atoms with van der Waals surface area (Å²) in [5, 5.41) is 11.2. The monoisotopic (exact) mass is 1170 g/mol. The number of likely N-dealkylation sites (N-methyl/N-ethyl adjacent to an activating group) is 7. The molecule has 3 saturated heterocycles. The van der Waals surface area contributed by atoms with Gasteiger partial charge in [0.15, 0.2) is 0 Å². The van der Waals surface area contributed by atoms with Gasteiger partial charge in [-0.15, -0.1) is 0 Å². The molecule has 0 spiro atoms. The summed E-state index contributed by atoms with van der Waals surface area (Å²) in [7, 11) is 10.3. The molecule has 3 aliphatic heterocycles. The second kappa shape index (κ2) is 32.3. The highest BCUT2D eigenvalue weighted by Crippen LogP contribution is 2.38. The Morgan fingerprint density at radius 2 is 0.892 bits per heavy atom. The number of carbonyl (C=O) groups is 11. The Morgan fingerprint density at radius 1 is 0.458 bits per heavy atom. The summed E-state index contributed by atoms with van der Waals surface area (Å²) < 4.78 is 0. The van der Waals surface area contributed by atoms with E-state index in [1.54, 1.807) is 20.8 Å². The number of fused-ring (bicyclic) bond motifs is 30. The van der Waals surface area contributed by atoms with Crippen molar-refractivity contribution in [3.05, 3.63) is 12.2 Å². The predicted octanol–water partition coefficient (Wildman–Crippen LogP) is 3.52. The van der Waals surface area contributed by atoms with Gasteiger partial charge in [0.25, 0.3) is 0 Å². The van der Waals surface area contributed by atoms with E-state index in [2.05, 4.69) is 21.3 Å². The maximum Gasteiger partial charge on any atom is 0.246 e. The average molecular weight is 1170 g/mol. The molecule has 0 aromatic rings. The molecule has 11 amide bonds. The molecule has 22 nitrogen and oxygen atoms in total. The van der Waals surface area contributed by atoms with Crippen LogP contribution in [0.3, 0.4) is 0 Å². The van der Waals surface area contributed by atoms with E-state index < -0.39 is 150 Å². The third-order valence-corrected chi connectivity index (χ3v) is 16.7. The Labute approximate surface area is 496 Å². The molecule has 0 aromatic heterocycles. The van der Waals surface area contributed by atoms with Gasteiger partial charge in [-0.2, -0.15) is 0 Å². The fourth-order valence-corrected chi connectivity index (χ4v) is 11.6. The standard InChI is InChI=1S/C61H107N11O11/c1-24-26-27-38(13)31-45-54(76)64-42(25-2)57(79)66(17)32-47(73)67(18)43(28-33(3)4)55(77)65-49(37(11)12)59(81)68(19)44(29-34(5)6)53(75)62-40(15)52(74)63-41(16)56(78)70(21)46(30-35(7)8)58(80)72(23)51-48(36(9)10)39(14)50(60(82)69(45)20)71(22)61(51)83/h24,26,33-46,48-51H,25,27-32H2,1-23H3,(H,62,75)(H,63,74)(H,64,76)(H,65,77)/b26-24+/t38-,39?,40+,41-,42+,43+,44+,45+,46+,48?,49?,50+,51+/m1/s1. The first kappa shape index (κ1) is 73.0. The highest BCUT2D eigenvalue weighted by atomic mass is 16.2. The Kier molecular flexibility index (Phi) is 28.4. The molecule has 83 heavy (non-hydrogen) atoms. The number of rotatable bonds is 13. The Hall–Kier alpha value is -6.09. The fraction of sp³-hybridized carbons (Fsp3) is 0.787. The number of hydrogen-bond acceptors (Lipinski definition) is 11. The molecule has 13 atom stereocenters. The maximum atomic E-state index is 15.2. The lowest BCUT2D eigenvalue weighted by Crippen LogP contribution is -2.68. The van der Waals surface area contributed by atoms with E-state index in [9.17, 15) is 47.9 Å². The Morgan fingerprint density at radius 3 is 1.39 bits per heavy atom. The molecule has 22 heteroatoms. The second-order valence-electron chi connectivity index (χ2n) is 25.8. The minimum Gasteiger partial charge on any atom is -0.343 e. The summed E-state index contributed by atoms with van der Waals surface area (Å²) >= 11 is 0. The fourth-order valence-electron chi connectivity index (χ4n) is 11.6.